The smallest absolute Gasteiger partial charge is 0.246 e. The van der Waals surface area contributed by atoms with Crippen LogP contribution in [0.4, 0.5) is 0 Å². The molecule has 0 saturated carbocycles. The summed E-state index contributed by atoms with van der Waals surface area (Å²) < 4.78 is 5.24. The van der Waals surface area contributed by atoms with Crippen molar-refractivity contribution in [2.24, 2.45) is 0 Å². The second-order valence-electron chi connectivity index (χ2n) is 4.76. The zero-order valence-corrected chi connectivity index (χ0v) is 11.1. The molecule has 1 aromatic rings. The molecule has 18 heavy (non-hydrogen) atoms. The molecule has 1 amide bonds. The van der Waals surface area contributed by atoms with Crippen molar-refractivity contribution in [3.63, 3.8) is 0 Å². The largest absolute Gasteiger partial charge is 0.394 e. The monoisotopic (exact) mass is 251 g/mol. The van der Waals surface area contributed by atoms with E-state index in [1.807, 2.05) is 44.2 Å². The Morgan fingerprint density at radius 1 is 1.39 bits per heavy atom. The van der Waals surface area contributed by atoms with Crippen LogP contribution < -0.4 is 5.32 Å². The second kappa shape index (κ2) is 6.52. The van der Waals surface area contributed by atoms with Crippen molar-refractivity contribution in [1.29, 1.82) is 0 Å². The van der Waals surface area contributed by atoms with Crippen molar-refractivity contribution < 1.29 is 14.6 Å². The van der Waals surface area contributed by atoms with Gasteiger partial charge in [0.25, 0.3) is 0 Å². The predicted octanol–water partition coefficient (Wildman–Crippen LogP) is 1.44. The third-order valence-electron chi connectivity index (χ3n) is 2.69. The molecule has 0 aliphatic rings. The van der Waals surface area contributed by atoms with E-state index in [1.165, 1.54) is 0 Å². The van der Waals surface area contributed by atoms with Crippen molar-refractivity contribution in [3.8, 4) is 0 Å². The van der Waals surface area contributed by atoms with Gasteiger partial charge in [0.1, 0.15) is 6.61 Å². The Morgan fingerprint density at radius 3 is 2.50 bits per heavy atom. The zero-order valence-electron chi connectivity index (χ0n) is 11.1. The van der Waals surface area contributed by atoms with Crippen LogP contribution in [0.15, 0.2) is 30.3 Å². The highest BCUT2D eigenvalue weighted by Gasteiger charge is 2.27. The van der Waals surface area contributed by atoms with Crippen molar-refractivity contribution in [1.82, 2.24) is 5.32 Å². The summed E-state index contributed by atoms with van der Waals surface area (Å²) in [5, 5.41) is 12.3. The minimum absolute atomic E-state index is 0.0000895. The van der Waals surface area contributed by atoms with E-state index in [-0.39, 0.29) is 25.2 Å². The minimum atomic E-state index is -0.779. The van der Waals surface area contributed by atoms with E-state index in [1.54, 1.807) is 6.92 Å². The van der Waals surface area contributed by atoms with Crippen molar-refractivity contribution >= 4 is 5.91 Å². The SMILES string of the molecule is CC(C)OCC(=O)NC(C)(CO)c1ccccc1. The highest BCUT2D eigenvalue weighted by Crippen LogP contribution is 2.19. The summed E-state index contributed by atoms with van der Waals surface area (Å²) in [6, 6.07) is 9.39. The van der Waals surface area contributed by atoms with Crippen LogP contribution >= 0.6 is 0 Å². The van der Waals surface area contributed by atoms with Gasteiger partial charge in [0, 0.05) is 0 Å². The van der Waals surface area contributed by atoms with E-state index in [4.69, 9.17) is 4.74 Å². The highest BCUT2D eigenvalue weighted by molar-refractivity contribution is 5.78. The molecule has 0 aliphatic heterocycles. The first-order chi connectivity index (χ1) is 8.48. The molecule has 0 radical (unpaired) electrons. The van der Waals surface area contributed by atoms with Gasteiger partial charge in [-0.2, -0.15) is 0 Å². The third kappa shape index (κ3) is 4.13. The maximum absolute atomic E-state index is 11.7. The van der Waals surface area contributed by atoms with E-state index in [2.05, 4.69) is 5.32 Å². The summed E-state index contributed by atoms with van der Waals surface area (Å²) in [5.41, 5.74) is 0.0870. The molecule has 1 rings (SSSR count). The first-order valence-corrected chi connectivity index (χ1v) is 6.07. The Bertz CT molecular complexity index is 378. The van der Waals surface area contributed by atoms with E-state index in [0.29, 0.717) is 0 Å². The molecule has 0 aromatic heterocycles. The summed E-state index contributed by atoms with van der Waals surface area (Å²) in [4.78, 5) is 11.7. The fourth-order valence-corrected chi connectivity index (χ4v) is 1.60. The molecule has 2 N–H and O–H groups in total. The normalized spacial score (nSPS) is 14.3. The molecule has 0 spiro atoms. The molecular weight excluding hydrogens is 230 g/mol. The van der Waals surface area contributed by atoms with Crippen LogP contribution in [0.3, 0.4) is 0 Å². The van der Waals surface area contributed by atoms with Gasteiger partial charge < -0.3 is 15.2 Å². The number of aliphatic hydroxyl groups excluding tert-OH is 1. The van der Waals surface area contributed by atoms with Gasteiger partial charge in [0.05, 0.1) is 18.2 Å². The number of ether oxygens (including phenoxy) is 1. The number of carbonyl (C=O) groups excluding carboxylic acids is 1. The second-order valence-corrected chi connectivity index (χ2v) is 4.76. The van der Waals surface area contributed by atoms with E-state index < -0.39 is 5.54 Å². The highest BCUT2D eigenvalue weighted by atomic mass is 16.5. The maximum Gasteiger partial charge on any atom is 0.246 e. The van der Waals surface area contributed by atoms with E-state index >= 15 is 0 Å². The van der Waals surface area contributed by atoms with Crippen LogP contribution in [-0.2, 0) is 15.1 Å². The Kier molecular flexibility index (Phi) is 5.31. The lowest BCUT2D eigenvalue weighted by Crippen LogP contribution is -2.47. The number of hydrogen-bond acceptors (Lipinski definition) is 3. The van der Waals surface area contributed by atoms with Crippen LogP contribution in [0, 0.1) is 0 Å². The van der Waals surface area contributed by atoms with Gasteiger partial charge in [-0.3, -0.25) is 4.79 Å². The average molecular weight is 251 g/mol. The first kappa shape index (κ1) is 14.7. The molecule has 4 nitrogen and oxygen atoms in total. The molecule has 1 aromatic carbocycles. The maximum atomic E-state index is 11.7. The molecule has 0 fully saturated rings. The molecule has 1 unspecified atom stereocenters. The number of hydrogen-bond donors (Lipinski definition) is 2. The molecule has 4 heteroatoms. The number of carbonyl (C=O) groups is 1. The summed E-state index contributed by atoms with van der Waals surface area (Å²) >= 11 is 0. The lowest BCUT2D eigenvalue weighted by molar-refractivity contribution is -0.129. The van der Waals surface area contributed by atoms with Gasteiger partial charge in [-0.05, 0) is 26.3 Å². The summed E-state index contributed by atoms with van der Waals surface area (Å²) in [6.07, 6.45) is 0.00728. The minimum Gasteiger partial charge on any atom is -0.394 e. The fourth-order valence-electron chi connectivity index (χ4n) is 1.60. The number of benzene rings is 1. The fraction of sp³-hybridized carbons (Fsp3) is 0.500. The summed E-state index contributed by atoms with van der Waals surface area (Å²) in [7, 11) is 0. The van der Waals surface area contributed by atoms with Gasteiger partial charge in [-0.25, -0.2) is 0 Å². The zero-order chi connectivity index (χ0) is 13.6. The van der Waals surface area contributed by atoms with Crippen LogP contribution in [0.5, 0.6) is 0 Å². The topological polar surface area (TPSA) is 58.6 Å². The van der Waals surface area contributed by atoms with Crippen molar-refractivity contribution in [2.75, 3.05) is 13.2 Å². The van der Waals surface area contributed by atoms with Gasteiger partial charge >= 0.3 is 0 Å². The van der Waals surface area contributed by atoms with Crippen LogP contribution in [-0.4, -0.2) is 30.3 Å². The number of nitrogens with one attached hydrogen (secondary N) is 1. The van der Waals surface area contributed by atoms with Gasteiger partial charge in [0.2, 0.25) is 5.91 Å². The lowest BCUT2D eigenvalue weighted by atomic mass is 9.93. The predicted molar refractivity (Wildman–Crippen MR) is 70.1 cm³/mol. The lowest BCUT2D eigenvalue weighted by Gasteiger charge is -2.29. The molecule has 1 atom stereocenters. The van der Waals surface area contributed by atoms with Crippen molar-refractivity contribution in [3.05, 3.63) is 35.9 Å². The van der Waals surface area contributed by atoms with Gasteiger partial charge in [-0.1, -0.05) is 30.3 Å². The standard InChI is InChI=1S/C14H21NO3/c1-11(2)18-9-13(17)15-14(3,10-16)12-7-5-4-6-8-12/h4-8,11,16H,9-10H2,1-3H3,(H,15,17). The molecule has 0 heterocycles. The van der Waals surface area contributed by atoms with Crippen molar-refractivity contribution in [2.45, 2.75) is 32.4 Å². The number of amides is 1. The van der Waals surface area contributed by atoms with Crippen LogP contribution in [0.25, 0.3) is 0 Å². The summed E-state index contributed by atoms with van der Waals surface area (Å²) in [6.45, 7) is 5.37. The number of rotatable bonds is 6. The van der Waals surface area contributed by atoms with Gasteiger partial charge in [0.15, 0.2) is 0 Å². The molecule has 0 saturated heterocycles. The Morgan fingerprint density at radius 2 is 2.00 bits per heavy atom. The molecule has 100 valence electrons. The Balaban J connectivity index is 2.69. The van der Waals surface area contributed by atoms with Gasteiger partial charge in [-0.15, -0.1) is 0 Å². The summed E-state index contributed by atoms with van der Waals surface area (Å²) in [5.74, 6) is -0.232. The molecule has 0 aliphatic carbocycles. The average Bonchev–Trinajstić information content (AvgIpc) is 2.37. The number of aliphatic hydroxyl groups is 1. The Hall–Kier alpha value is -1.39. The quantitative estimate of drug-likeness (QED) is 0.804. The van der Waals surface area contributed by atoms with Crippen LogP contribution in [0.2, 0.25) is 0 Å². The first-order valence-electron chi connectivity index (χ1n) is 6.07. The van der Waals surface area contributed by atoms with Crippen LogP contribution in [0.1, 0.15) is 26.3 Å². The molecule has 0 bridgehead atoms. The van der Waals surface area contributed by atoms with E-state index in [9.17, 15) is 9.90 Å². The third-order valence-corrected chi connectivity index (χ3v) is 2.69. The Labute approximate surface area is 108 Å². The molecular formula is C14H21NO3. The van der Waals surface area contributed by atoms with E-state index in [0.717, 1.165) is 5.56 Å².